The average molecular weight is 551 g/mol. The molecule has 1 saturated carbocycles. The Morgan fingerprint density at radius 1 is 1.06 bits per heavy atom. The molecule has 184 valence electrons. The fourth-order valence-electron chi connectivity index (χ4n) is 4.29. The molecular formula is C25H32BrN3O4S. The molecule has 2 aromatic rings. The largest absolute Gasteiger partial charge is 0.352 e. The molecule has 0 spiro atoms. The third-order valence-corrected chi connectivity index (χ3v) is 7.75. The lowest BCUT2D eigenvalue weighted by molar-refractivity contribution is -0.140. The maximum Gasteiger partial charge on any atom is 0.244 e. The number of sulfonamides is 1. The minimum atomic E-state index is -3.73. The van der Waals surface area contributed by atoms with Gasteiger partial charge in [-0.2, -0.15) is 0 Å². The Balaban J connectivity index is 1.89. The zero-order valence-electron chi connectivity index (χ0n) is 19.6. The minimum absolute atomic E-state index is 0.130. The molecule has 0 heterocycles. The van der Waals surface area contributed by atoms with E-state index >= 15 is 0 Å². The number of nitrogens with one attached hydrogen (secondary N) is 1. The first-order valence-corrected chi connectivity index (χ1v) is 14.2. The molecule has 0 aliphatic heterocycles. The molecule has 0 radical (unpaired) electrons. The van der Waals surface area contributed by atoms with Gasteiger partial charge in [-0.15, -0.1) is 0 Å². The number of carbonyl (C=O) groups is 2. The number of rotatable bonds is 10. The van der Waals surface area contributed by atoms with Gasteiger partial charge in [0.05, 0.1) is 11.9 Å². The van der Waals surface area contributed by atoms with Gasteiger partial charge in [0, 0.05) is 17.1 Å². The number of carbonyl (C=O) groups excluding carboxylic acids is 2. The number of halogens is 1. The molecule has 0 unspecified atom stereocenters. The summed E-state index contributed by atoms with van der Waals surface area (Å²) < 4.78 is 27.1. The Bertz CT molecular complexity index is 1070. The number of benzene rings is 2. The first kappa shape index (κ1) is 26.2. The summed E-state index contributed by atoms with van der Waals surface area (Å²) >= 11 is 3.35. The molecule has 9 heteroatoms. The third kappa shape index (κ3) is 7.06. The van der Waals surface area contributed by atoms with E-state index in [9.17, 15) is 18.0 Å². The molecule has 7 nitrogen and oxygen atoms in total. The van der Waals surface area contributed by atoms with Crippen LogP contribution in [0.1, 0.15) is 44.6 Å². The summed E-state index contributed by atoms with van der Waals surface area (Å²) in [5.41, 5.74) is 1.26. The van der Waals surface area contributed by atoms with Crippen molar-refractivity contribution in [2.75, 3.05) is 17.1 Å². The van der Waals surface area contributed by atoms with Gasteiger partial charge in [-0.3, -0.25) is 13.9 Å². The maximum atomic E-state index is 13.6. The van der Waals surface area contributed by atoms with Gasteiger partial charge in [0.15, 0.2) is 0 Å². The highest BCUT2D eigenvalue weighted by Gasteiger charge is 2.32. The van der Waals surface area contributed by atoms with Gasteiger partial charge in [-0.05, 0) is 49.1 Å². The van der Waals surface area contributed by atoms with Gasteiger partial charge < -0.3 is 10.2 Å². The highest BCUT2D eigenvalue weighted by molar-refractivity contribution is 9.10. The summed E-state index contributed by atoms with van der Waals surface area (Å²) in [4.78, 5) is 28.3. The molecule has 3 rings (SSSR count). The lowest BCUT2D eigenvalue weighted by atomic mass is 10.1. The van der Waals surface area contributed by atoms with Gasteiger partial charge in [-0.25, -0.2) is 8.42 Å². The van der Waals surface area contributed by atoms with Crippen LogP contribution in [0.3, 0.4) is 0 Å². The fraction of sp³-hybridized carbons (Fsp3) is 0.440. The summed E-state index contributed by atoms with van der Waals surface area (Å²) in [6, 6.07) is 15.6. The van der Waals surface area contributed by atoms with Crippen LogP contribution in [-0.2, 0) is 26.2 Å². The van der Waals surface area contributed by atoms with E-state index in [4.69, 9.17) is 0 Å². The molecule has 1 atom stereocenters. The summed E-state index contributed by atoms with van der Waals surface area (Å²) in [6.07, 6.45) is 5.57. The molecule has 1 N–H and O–H groups in total. The normalized spacial score (nSPS) is 15.0. The summed E-state index contributed by atoms with van der Waals surface area (Å²) in [5.74, 6) is -0.612. The quantitative estimate of drug-likeness (QED) is 0.483. The Morgan fingerprint density at radius 3 is 2.24 bits per heavy atom. The van der Waals surface area contributed by atoms with Crippen LogP contribution in [-0.4, -0.2) is 50.0 Å². The van der Waals surface area contributed by atoms with Crippen molar-refractivity contribution in [2.45, 2.75) is 57.7 Å². The lowest BCUT2D eigenvalue weighted by Gasteiger charge is -2.33. The van der Waals surface area contributed by atoms with E-state index in [0.717, 1.165) is 46.3 Å². The molecule has 1 aliphatic carbocycles. The van der Waals surface area contributed by atoms with Crippen molar-refractivity contribution in [1.82, 2.24) is 10.2 Å². The Kier molecular flexibility index (Phi) is 9.13. The van der Waals surface area contributed by atoms with Crippen LogP contribution in [0.15, 0.2) is 59.1 Å². The van der Waals surface area contributed by atoms with Gasteiger partial charge in [0.1, 0.15) is 12.6 Å². The van der Waals surface area contributed by atoms with E-state index in [-0.39, 0.29) is 25.0 Å². The predicted molar refractivity (Wildman–Crippen MR) is 138 cm³/mol. The van der Waals surface area contributed by atoms with E-state index in [2.05, 4.69) is 21.2 Å². The standard InChI is InChI=1S/C25H32BrN3O4S/c1-3-23(25(31)27-21-11-7-8-12-21)28(17-19-9-5-4-6-10-19)24(30)18-29(34(2,32)33)22-15-13-20(26)14-16-22/h4-6,9-10,13-16,21,23H,3,7-8,11-12,17-18H2,1-2H3,(H,27,31)/t23-/m0/s1. The highest BCUT2D eigenvalue weighted by Crippen LogP contribution is 2.23. The van der Waals surface area contributed by atoms with Crippen LogP contribution in [0, 0.1) is 0 Å². The zero-order chi connectivity index (χ0) is 24.7. The summed E-state index contributed by atoms with van der Waals surface area (Å²) in [5, 5.41) is 3.10. The fourth-order valence-corrected chi connectivity index (χ4v) is 5.40. The molecule has 1 aliphatic rings. The number of hydrogen-bond acceptors (Lipinski definition) is 4. The average Bonchev–Trinajstić information content (AvgIpc) is 3.31. The van der Waals surface area contributed by atoms with Crippen LogP contribution >= 0.6 is 15.9 Å². The van der Waals surface area contributed by atoms with Crippen molar-refractivity contribution in [2.24, 2.45) is 0 Å². The highest BCUT2D eigenvalue weighted by atomic mass is 79.9. The van der Waals surface area contributed by atoms with E-state index in [1.807, 2.05) is 37.3 Å². The van der Waals surface area contributed by atoms with Gasteiger partial charge in [0.2, 0.25) is 21.8 Å². The monoisotopic (exact) mass is 549 g/mol. The van der Waals surface area contributed by atoms with Crippen molar-refractivity contribution in [3.8, 4) is 0 Å². The molecule has 0 bridgehead atoms. The molecule has 2 amide bonds. The Morgan fingerprint density at radius 2 is 1.68 bits per heavy atom. The van der Waals surface area contributed by atoms with Crippen molar-refractivity contribution >= 4 is 43.5 Å². The van der Waals surface area contributed by atoms with Gasteiger partial charge in [-0.1, -0.05) is 66.0 Å². The van der Waals surface area contributed by atoms with E-state index < -0.39 is 22.0 Å². The van der Waals surface area contributed by atoms with E-state index in [1.54, 1.807) is 24.3 Å². The van der Waals surface area contributed by atoms with Crippen molar-refractivity contribution in [3.63, 3.8) is 0 Å². The van der Waals surface area contributed by atoms with E-state index in [0.29, 0.717) is 12.1 Å². The zero-order valence-corrected chi connectivity index (χ0v) is 22.0. The van der Waals surface area contributed by atoms with Gasteiger partial charge in [0.25, 0.3) is 0 Å². The minimum Gasteiger partial charge on any atom is -0.352 e. The van der Waals surface area contributed by atoms with Crippen LogP contribution < -0.4 is 9.62 Å². The SMILES string of the molecule is CC[C@@H](C(=O)NC1CCCC1)N(Cc1ccccc1)C(=O)CN(c1ccc(Br)cc1)S(C)(=O)=O. The number of nitrogens with zero attached hydrogens (tertiary/aromatic N) is 2. The third-order valence-electron chi connectivity index (χ3n) is 6.08. The first-order valence-electron chi connectivity index (χ1n) is 11.6. The smallest absolute Gasteiger partial charge is 0.244 e. The van der Waals surface area contributed by atoms with Crippen LogP contribution in [0.25, 0.3) is 0 Å². The first-order chi connectivity index (χ1) is 16.2. The second-order valence-corrected chi connectivity index (χ2v) is 11.5. The molecule has 34 heavy (non-hydrogen) atoms. The summed E-state index contributed by atoms with van der Waals surface area (Å²) in [7, 11) is -3.73. The number of amides is 2. The lowest BCUT2D eigenvalue weighted by Crippen LogP contribution is -2.53. The molecule has 0 saturated heterocycles. The topological polar surface area (TPSA) is 86.8 Å². The molecule has 2 aromatic carbocycles. The van der Waals surface area contributed by atoms with Crippen LogP contribution in [0.2, 0.25) is 0 Å². The molecule has 0 aromatic heterocycles. The molecule has 1 fully saturated rings. The summed E-state index contributed by atoms with van der Waals surface area (Å²) in [6.45, 7) is 1.70. The van der Waals surface area contributed by atoms with E-state index in [1.165, 1.54) is 4.90 Å². The second kappa shape index (κ2) is 11.8. The van der Waals surface area contributed by atoms with Gasteiger partial charge >= 0.3 is 0 Å². The Hall–Kier alpha value is -2.39. The predicted octanol–water partition coefficient (Wildman–Crippen LogP) is 4.08. The second-order valence-electron chi connectivity index (χ2n) is 8.67. The Labute approximate surface area is 210 Å². The maximum absolute atomic E-state index is 13.6. The van der Waals surface area contributed by atoms with Crippen molar-refractivity contribution < 1.29 is 18.0 Å². The van der Waals surface area contributed by atoms with Crippen LogP contribution in [0.5, 0.6) is 0 Å². The van der Waals surface area contributed by atoms with Crippen molar-refractivity contribution in [3.05, 3.63) is 64.6 Å². The molecular weight excluding hydrogens is 518 g/mol. The van der Waals surface area contributed by atoms with Crippen LogP contribution in [0.4, 0.5) is 5.69 Å². The number of anilines is 1. The van der Waals surface area contributed by atoms with Crippen molar-refractivity contribution in [1.29, 1.82) is 0 Å². The number of hydrogen-bond donors (Lipinski definition) is 1.